The maximum absolute atomic E-state index is 11.2. The minimum Gasteiger partial charge on any atom is -0.339 e. The Morgan fingerprint density at radius 1 is 1.50 bits per heavy atom. The van der Waals surface area contributed by atoms with Crippen molar-refractivity contribution >= 4 is 5.91 Å². The van der Waals surface area contributed by atoms with E-state index < -0.39 is 0 Å². The molecule has 2 rings (SSSR count). The van der Waals surface area contributed by atoms with Crippen LogP contribution in [0.2, 0.25) is 0 Å². The Morgan fingerprint density at radius 2 is 2.17 bits per heavy atom. The first-order chi connectivity index (χ1) is 5.68. The molecule has 0 aromatic rings. The summed E-state index contributed by atoms with van der Waals surface area (Å²) >= 11 is 0. The van der Waals surface area contributed by atoms with Gasteiger partial charge in [-0.3, -0.25) is 4.79 Å². The van der Waals surface area contributed by atoms with Crippen LogP contribution in [0.4, 0.5) is 0 Å². The summed E-state index contributed by atoms with van der Waals surface area (Å²) in [5.41, 5.74) is 0. The SMILES string of the molecule is CC(C)C1CC(=O)N1CC1CC1. The largest absolute Gasteiger partial charge is 0.339 e. The van der Waals surface area contributed by atoms with Gasteiger partial charge in [0.2, 0.25) is 5.91 Å². The summed E-state index contributed by atoms with van der Waals surface area (Å²) in [4.78, 5) is 13.3. The number of amides is 1. The Labute approximate surface area is 73.9 Å². The Kier molecular flexibility index (Phi) is 1.85. The van der Waals surface area contributed by atoms with Gasteiger partial charge in [-0.05, 0) is 24.7 Å². The highest BCUT2D eigenvalue weighted by Crippen LogP contribution is 2.35. The molecule has 1 amide bonds. The monoisotopic (exact) mass is 167 g/mol. The molecule has 0 bridgehead atoms. The molecular formula is C10H17NO. The van der Waals surface area contributed by atoms with Crippen LogP contribution in [0.15, 0.2) is 0 Å². The van der Waals surface area contributed by atoms with Gasteiger partial charge in [-0.25, -0.2) is 0 Å². The quantitative estimate of drug-likeness (QED) is 0.585. The first-order valence-corrected chi connectivity index (χ1v) is 4.98. The summed E-state index contributed by atoms with van der Waals surface area (Å²) in [5, 5.41) is 0. The Bertz CT molecular complexity index is 196. The van der Waals surface area contributed by atoms with E-state index in [1.165, 1.54) is 12.8 Å². The zero-order valence-corrected chi connectivity index (χ0v) is 7.92. The van der Waals surface area contributed by atoms with Gasteiger partial charge < -0.3 is 4.90 Å². The van der Waals surface area contributed by atoms with Crippen LogP contribution in [0, 0.1) is 11.8 Å². The van der Waals surface area contributed by atoms with Crippen LogP contribution in [0.1, 0.15) is 33.1 Å². The molecule has 1 atom stereocenters. The number of carbonyl (C=O) groups excluding carboxylic acids is 1. The lowest BCUT2D eigenvalue weighted by atomic mass is 9.91. The van der Waals surface area contributed by atoms with Crippen molar-refractivity contribution in [2.24, 2.45) is 11.8 Å². The molecule has 0 aromatic carbocycles. The molecule has 1 aliphatic carbocycles. The molecule has 2 aliphatic rings. The Hall–Kier alpha value is -0.530. The molecule has 0 aromatic heterocycles. The van der Waals surface area contributed by atoms with Crippen molar-refractivity contribution in [2.75, 3.05) is 6.54 Å². The Morgan fingerprint density at radius 3 is 2.58 bits per heavy atom. The van der Waals surface area contributed by atoms with Crippen molar-refractivity contribution in [2.45, 2.75) is 39.2 Å². The maximum Gasteiger partial charge on any atom is 0.224 e. The number of nitrogens with zero attached hydrogens (tertiary/aromatic N) is 1. The minimum absolute atomic E-state index is 0.376. The van der Waals surface area contributed by atoms with Crippen molar-refractivity contribution in [1.82, 2.24) is 4.90 Å². The molecule has 2 heteroatoms. The second kappa shape index (κ2) is 2.75. The van der Waals surface area contributed by atoms with E-state index in [1.807, 2.05) is 0 Å². The second-order valence-corrected chi connectivity index (χ2v) is 4.50. The van der Waals surface area contributed by atoms with Gasteiger partial charge in [0.25, 0.3) is 0 Å². The lowest BCUT2D eigenvalue weighted by molar-refractivity contribution is -0.148. The number of rotatable bonds is 3. The molecule has 1 aliphatic heterocycles. The first kappa shape index (κ1) is 8.09. The highest BCUT2D eigenvalue weighted by Gasteiger charge is 2.40. The van der Waals surface area contributed by atoms with Crippen LogP contribution in [0.3, 0.4) is 0 Å². The molecule has 0 spiro atoms. The molecule has 2 fully saturated rings. The van der Waals surface area contributed by atoms with Gasteiger partial charge in [0.15, 0.2) is 0 Å². The molecule has 68 valence electrons. The van der Waals surface area contributed by atoms with Crippen molar-refractivity contribution in [1.29, 1.82) is 0 Å². The fraction of sp³-hybridized carbons (Fsp3) is 0.900. The highest BCUT2D eigenvalue weighted by molar-refractivity contribution is 5.83. The summed E-state index contributed by atoms with van der Waals surface area (Å²) in [5.74, 6) is 1.86. The Balaban J connectivity index is 1.87. The summed E-state index contributed by atoms with van der Waals surface area (Å²) in [6.07, 6.45) is 3.48. The van der Waals surface area contributed by atoms with Crippen molar-refractivity contribution in [3.05, 3.63) is 0 Å². The van der Waals surface area contributed by atoms with Gasteiger partial charge in [-0.15, -0.1) is 0 Å². The third-order valence-corrected chi connectivity index (χ3v) is 3.03. The standard InChI is InChI=1S/C10H17NO/c1-7(2)9-5-10(12)11(9)6-8-3-4-8/h7-9H,3-6H2,1-2H3. The van der Waals surface area contributed by atoms with Gasteiger partial charge in [0.05, 0.1) is 0 Å². The van der Waals surface area contributed by atoms with Gasteiger partial charge >= 0.3 is 0 Å². The molecule has 0 N–H and O–H groups in total. The number of β-lactam (4-membered cyclic amide) rings is 1. The number of hydrogen-bond acceptors (Lipinski definition) is 1. The van der Waals surface area contributed by atoms with Gasteiger partial charge in [0, 0.05) is 19.0 Å². The van der Waals surface area contributed by atoms with Crippen molar-refractivity contribution < 1.29 is 4.79 Å². The molecule has 1 saturated carbocycles. The summed E-state index contributed by atoms with van der Waals surface area (Å²) in [6.45, 7) is 5.45. The van der Waals surface area contributed by atoms with Gasteiger partial charge in [0.1, 0.15) is 0 Å². The maximum atomic E-state index is 11.2. The van der Waals surface area contributed by atoms with Crippen LogP contribution in [0.5, 0.6) is 0 Å². The number of hydrogen-bond donors (Lipinski definition) is 0. The molecular weight excluding hydrogens is 150 g/mol. The van der Waals surface area contributed by atoms with E-state index in [9.17, 15) is 4.79 Å². The van der Waals surface area contributed by atoms with Gasteiger partial charge in [-0.1, -0.05) is 13.8 Å². The van der Waals surface area contributed by atoms with E-state index in [0.29, 0.717) is 17.9 Å². The van der Waals surface area contributed by atoms with E-state index in [4.69, 9.17) is 0 Å². The van der Waals surface area contributed by atoms with Crippen LogP contribution in [0.25, 0.3) is 0 Å². The zero-order chi connectivity index (χ0) is 8.72. The summed E-state index contributed by atoms with van der Waals surface area (Å²) < 4.78 is 0. The second-order valence-electron chi connectivity index (χ2n) is 4.50. The predicted molar refractivity (Wildman–Crippen MR) is 47.7 cm³/mol. The van der Waals surface area contributed by atoms with E-state index in [-0.39, 0.29) is 0 Å². The normalized spacial score (nSPS) is 29.4. The molecule has 12 heavy (non-hydrogen) atoms. The number of carbonyl (C=O) groups is 1. The van der Waals surface area contributed by atoms with E-state index in [0.717, 1.165) is 18.9 Å². The predicted octanol–water partition coefficient (Wildman–Crippen LogP) is 1.65. The molecule has 2 nitrogen and oxygen atoms in total. The zero-order valence-electron chi connectivity index (χ0n) is 7.92. The fourth-order valence-corrected chi connectivity index (χ4v) is 1.89. The van der Waals surface area contributed by atoms with Gasteiger partial charge in [-0.2, -0.15) is 0 Å². The topological polar surface area (TPSA) is 20.3 Å². The summed E-state index contributed by atoms with van der Waals surface area (Å²) in [6, 6.07) is 0.554. The van der Waals surface area contributed by atoms with E-state index in [2.05, 4.69) is 18.7 Å². The average molecular weight is 167 g/mol. The number of likely N-dealkylation sites (tertiary alicyclic amines) is 1. The lowest BCUT2D eigenvalue weighted by Crippen LogP contribution is -2.55. The molecule has 1 heterocycles. The first-order valence-electron chi connectivity index (χ1n) is 4.98. The fourth-order valence-electron chi connectivity index (χ4n) is 1.89. The lowest BCUT2D eigenvalue weighted by Gasteiger charge is -2.43. The van der Waals surface area contributed by atoms with Crippen LogP contribution < -0.4 is 0 Å². The molecule has 0 radical (unpaired) electrons. The van der Waals surface area contributed by atoms with Crippen LogP contribution in [-0.2, 0) is 4.79 Å². The van der Waals surface area contributed by atoms with E-state index >= 15 is 0 Å². The minimum atomic E-state index is 0.376. The molecule has 1 saturated heterocycles. The van der Waals surface area contributed by atoms with E-state index in [1.54, 1.807) is 0 Å². The van der Waals surface area contributed by atoms with Crippen LogP contribution >= 0.6 is 0 Å². The third kappa shape index (κ3) is 1.35. The highest BCUT2D eigenvalue weighted by atomic mass is 16.2. The third-order valence-electron chi connectivity index (χ3n) is 3.03. The smallest absolute Gasteiger partial charge is 0.224 e. The molecule has 1 unspecified atom stereocenters. The summed E-state index contributed by atoms with van der Waals surface area (Å²) in [7, 11) is 0. The van der Waals surface area contributed by atoms with Crippen LogP contribution in [-0.4, -0.2) is 23.4 Å². The average Bonchev–Trinajstić information content (AvgIpc) is 2.78. The van der Waals surface area contributed by atoms with Crippen molar-refractivity contribution in [3.8, 4) is 0 Å². The van der Waals surface area contributed by atoms with Crippen molar-refractivity contribution in [3.63, 3.8) is 0 Å².